The molecule has 1 aliphatic rings. The van der Waals surface area contributed by atoms with Gasteiger partial charge in [-0.3, -0.25) is 18.2 Å². The molecule has 9 heteroatoms. The van der Waals surface area contributed by atoms with Crippen LogP contribution in [-0.2, 0) is 6.42 Å². The average Bonchev–Trinajstić information content (AvgIpc) is 2.87. The van der Waals surface area contributed by atoms with E-state index in [0.717, 1.165) is 30.5 Å². The number of β-amino-alcohol motifs (C(OH)–C–C–N with tert-alkyl or cyclic N) is 1. The molecule has 2 aromatic rings. The van der Waals surface area contributed by atoms with Crippen LogP contribution in [-0.4, -0.2) is 63.2 Å². The number of aliphatic hydroxyl groups excluding tert-OH is 1. The van der Waals surface area contributed by atoms with Crippen molar-refractivity contribution in [1.29, 1.82) is 0 Å². The molecule has 0 radical (unpaired) electrons. The fourth-order valence-corrected chi connectivity index (χ4v) is 6.03. The van der Waals surface area contributed by atoms with Crippen LogP contribution >= 0.6 is 10.8 Å². The van der Waals surface area contributed by atoms with Crippen molar-refractivity contribution in [1.82, 2.24) is 10.6 Å². The summed E-state index contributed by atoms with van der Waals surface area (Å²) in [6.45, 7) is 9.76. The first-order chi connectivity index (χ1) is 17.5. The Morgan fingerprint density at radius 3 is 2.49 bits per heavy atom. The molecule has 1 aliphatic heterocycles. The zero-order valence-corrected chi connectivity index (χ0v) is 23.4. The summed E-state index contributed by atoms with van der Waals surface area (Å²) in [4.78, 5) is 13.6. The van der Waals surface area contributed by atoms with Gasteiger partial charge >= 0.3 is 0 Å². The lowest BCUT2D eigenvalue weighted by molar-refractivity contribution is 0.0813. The Morgan fingerprint density at radius 2 is 1.84 bits per heavy atom. The molecular formula is C28H44N4O4S. The molecule has 0 aliphatic carbocycles. The largest absolute Gasteiger partial charge is 0.390 e. The van der Waals surface area contributed by atoms with E-state index in [9.17, 15) is 19.0 Å². The predicted molar refractivity (Wildman–Crippen MR) is 155 cm³/mol. The minimum atomic E-state index is -2.93. The monoisotopic (exact) mass is 532 g/mol. The van der Waals surface area contributed by atoms with Gasteiger partial charge in [-0.05, 0) is 70.2 Å². The van der Waals surface area contributed by atoms with E-state index in [-0.39, 0.29) is 11.4 Å². The summed E-state index contributed by atoms with van der Waals surface area (Å²) in [6, 6.07) is 14.6. The van der Waals surface area contributed by atoms with Gasteiger partial charge < -0.3 is 21.1 Å². The fourth-order valence-electron chi connectivity index (χ4n) is 4.35. The third-order valence-corrected chi connectivity index (χ3v) is 8.92. The lowest BCUT2D eigenvalue weighted by Crippen LogP contribution is -2.52. The number of amides is 1. The van der Waals surface area contributed by atoms with Crippen LogP contribution in [0.4, 0.5) is 11.4 Å². The minimum Gasteiger partial charge on any atom is -0.390 e. The van der Waals surface area contributed by atoms with E-state index >= 15 is 0 Å². The van der Waals surface area contributed by atoms with Crippen molar-refractivity contribution in [2.75, 3.05) is 35.0 Å². The van der Waals surface area contributed by atoms with E-state index in [2.05, 4.69) is 36.7 Å². The van der Waals surface area contributed by atoms with Gasteiger partial charge in [0.25, 0.3) is 5.91 Å². The van der Waals surface area contributed by atoms with E-state index in [0.29, 0.717) is 43.1 Å². The second-order valence-corrected chi connectivity index (χ2v) is 12.5. The molecule has 2 atom stereocenters. The fraction of sp³-hybridized carbons (Fsp3) is 0.536. The van der Waals surface area contributed by atoms with E-state index in [1.807, 2.05) is 43.3 Å². The molecule has 0 spiro atoms. The normalized spacial score (nSPS) is 18.1. The molecule has 0 unspecified atom stereocenters. The maximum absolute atomic E-state index is 13.6. The molecule has 6 N–H and O–H groups in total. The topological polar surface area (TPSA) is 117 Å². The van der Waals surface area contributed by atoms with Crippen molar-refractivity contribution >= 4 is 28.1 Å². The minimum absolute atomic E-state index is 0.130. The zero-order valence-electron chi connectivity index (χ0n) is 22.5. The molecule has 0 saturated carbocycles. The van der Waals surface area contributed by atoms with Gasteiger partial charge in [0.15, 0.2) is 0 Å². The highest BCUT2D eigenvalue weighted by Gasteiger charge is 2.29. The molecule has 206 valence electrons. The van der Waals surface area contributed by atoms with Crippen molar-refractivity contribution in [2.24, 2.45) is 0 Å². The number of carbonyl (C=O) groups excluding carboxylic acids is 1. The van der Waals surface area contributed by atoms with Crippen molar-refractivity contribution in [3.8, 4) is 0 Å². The Morgan fingerprint density at radius 1 is 1.11 bits per heavy atom. The summed E-state index contributed by atoms with van der Waals surface area (Å²) in [6.07, 6.45) is 2.20. The van der Waals surface area contributed by atoms with Crippen LogP contribution in [0.1, 0.15) is 62.9 Å². The van der Waals surface area contributed by atoms with Crippen LogP contribution in [0.5, 0.6) is 0 Å². The molecule has 37 heavy (non-hydrogen) atoms. The molecule has 0 aromatic heterocycles. The van der Waals surface area contributed by atoms with Gasteiger partial charge in [0.2, 0.25) is 0 Å². The van der Waals surface area contributed by atoms with Gasteiger partial charge in [0.05, 0.1) is 23.6 Å². The molecule has 1 heterocycles. The van der Waals surface area contributed by atoms with Gasteiger partial charge in [-0.2, -0.15) is 0 Å². The molecular weight excluding hydrogens is 488 g/mol. The Hall–Kier alpha value is -2.30. The third kappa shape index (κ3) is 8.35. The van der Waals surface area contributed by atoms with Crippen LogP contribution in [0.25, 0.3) is 0 Å². The Bertz CT molecular complexity index is 1020. The maximum Gasteiger partial charge on any atom is 0.251 e. The second-order valence-electron chi connectivity index (χ2n) is 10.4. The highest BCUT2D eigenvalue weighted by molar-refractivity contribution is 8.25. The van der Waals surface area contributed by atoms with E-state index in [1.54, 1.807) is 16.4 Å². The first-order valence-corrected chi connectivity index (χ1v) is 14.9. The highest BCUT2D eigenvalue weighted by atomic mass is 32.3. The lowest BCUT2D eigenvalue weighted by atomic mass is 9.98. The number of nitrogens with one attached hydrogen (secondary N) is 3. The number of carbonyl (C=O) groups is 1. The zero-order chi connectivity index (χ0) is 27.1. The first kappa shape index (κ1) is 29.3. The molecule has 3 rings (SSSR count). The highest BCUT2D eigenvalue weighted by Crippen LogP contribution is 2.50. The van der Waals surface area contributed by atoms with E-state index in [1.165, 1.54) is 0 Å². The lowest BCUT2D eigenvalue weighted by Gasteiger charge is -2.47. The number of hydrogen-bond acceptors (Lipinski definition) is 7. The van der Waals surface area contributed by atoms with Crippen LogP contribution in [0.3, 0.4) is 0 Å². The summed E-state index contributed by atoms with van der Waals surface area (Å²) < 4.78 is 23.0. The van der Waals surface area contributed by atoms with Gasteiger partial charge in [0, 0.05) is 36.4 Å². The summed E-state index contributed by atoms with van der Waals surface area (Å²) in [5.74, 6) is 0.0103. The Kier molecular flexibility index (Phi) is 10.3. The third-order valence-electron chi connectivity index (χ3n) is 6.98. The van der Waals surface area contributed by atoms with Gasteiger partial charge in [-0.1, -0.05) is 37.3 Å². The van der Waals surface area contributed by atoms with Crippen LogP contribution in [0, 0.1) is 0 Å². The van der Waals surface area contributed by atoms with Crippen molar-refractivity contribution < 1.29 is 19.0 Å². The second kappa shape index (κ2) is 13.0. The number of benzene rings is 2. The number of nitrogens with zero attached hydrogens (tertiary/aromatic N) is 1. The first-order valence-electron chi connectivity index (χ1n) is 13.2. The summed E-state index contributed by atoms with van der Waals surface area (Å²) >= 11 is 0. The summed E-state index contributed by atoms with van der Waals surface area (Å²) in [5.41, 5.74) is 2.63. The standard InChI is InChI=1S/C28H44N4O4S/c1-5-28(3,4)30-20-26(33)25(16-21-12-8-7-9-13-21)31-27(34)22-17-23(29-6-2)19-24(18-22)32-14-10-11-15-37(32,35)36/h7-9,12-13,17-19,25-26,29-30,33,35-36H,5-6,10-11,14-16,20H2,1-4H3,(H,31,34)/t25-,26+/m0/s1. The molecule has 8 nitrogen and oxygen atoms in total. The van der Waals surface area contributed by atoms with Crippen molar-refractivity contribution in [3.05, 3.63) is 59.7 Å². The van der Waals surface area contributed by atoms with Crippen LogP contribution < -0.4 is 20.3 Å². The quantitative estimate of drug-likeness (QED) is 0.231. The molecule has 1 fully saturated rings. The number of hydrogen-bond donors (Lipinski definition) is 6. The predicted octanol–water partition coefficient (Wildman–Crippen LogP) is 4.86. The molecule has 1 saturated heterocycles. The summed E-state index contributed by atoms with van der Waals surface area (Å²) in [5, 5.41) is 20.8. The maximum atomic E-state index is 13.6. The van der Waals surface area contributed by atoms with Crippen molar-refractivity contribution in [2.45, 2.75) is 71.1 Å². The molecule has 2 aromatic carbocycles. The number of aliphatic hydroxyl groups is 1. The summed E-state index contributed by atoms with van der Waals surface area (Å²) in [7, 11) is -2.93. The molecule has 0 bridgehead atoms. The van der Waals surface area contributed by atoms with Gasteiger partial charge in [-0.25, -0.2) is 0 Å². The van der Waals surface area contributed by atoms with Gasteiger partial charge in [-0.15, -0.1) is 10.8 Å². The van der Waals surface area contributed by atoms with E-state index < -0.39 is 22.9 Å². The van der Waals surface area contributed by atoms with Crippen LogP contribution in [0.2, 0.25) is 0 Å². The number of anilines is 2. The Labute approximate surface area is 223 Å². The van der Waals surface area contributed by atoms with Gasteiger partial charge in [0.1, 0.15) is 0 Å². The molecule has 1 amide bonds. The Balaban J connectivity index is 1.86. The average molecular weight is 533 g/mol. The van der Waals surface area contributed by atoms with Crippen LogP contribution in [0.15, 0.2) is 48.5 Å². The van der Waals surface area contributed by atoms with Crippen molar-refractivity contribution in [3.63, 3.8) is 0 Å². The SMILES string of the molecule is CCNc1cc(C(=O)N[C@@H](Cc2ccccc2)[C@H](O)CNC(C)(C)CC)cc(N2CCCCS2(O)O)c1. The smallest absolute Gasteiger partial charge is 0.251 e. The number of rotatable bonds is 12. The van der Waals surface area contributed by atoms with E-state index in [4.69, 9.17) is 0 Å².